The van der Waals surface area contributed by atoms with Gasteiger partial charge in [0, 0.05) is 11.6 Å². The summed E-state index contributed by atoms with van der Waals surface area (Å²) in [7, 11) is 2.92. The van der Waals surface area contributed by atoms with Crippen molar-refractivity contribution in [2.75, 3.05) is 20.8 Å². The molecule has 0 spiro atoms. The minimum absolute atomic E-state index is 0.0362. The lowest BCUT2D eigenvalue weighted by molar-refractivity contribution is 0.0206. The van der Waals surface area contributed by atoms with Crippen molar-refractivity contribution in [2.24, 2.45) is 0 Å². The van der Waals surface area contributed by atoms with Gasteiger partial charge >= 0.3 is 11.6 Å². The molecule has 3 rings (SSSR count). The van der Waals surface area contributed by atoms with Crippen LogP contribution in [0.4, 0.5) is 0 Å². The van der Waals surface area contributed by atoms with Crippen LogP contribution in [0.15, 0.2) is 63.8 Å². The molecule has 0 aliphatic heterocycles. The van der Waals surface area contributed by atoms with E-state index < -0.39 is 17.4 Å². The van der Waals surface area contributed by atoms with E-state index in [0.29, 0.717) is 23.7 Å². The fourth-order valence-corrected chi connectivity index (χ4v) is 3.09. The number of rotatable bonds is 10. The van der Waals surface area contributed by atoms with Gasteiger partial charge in [-0.1, -0.05) is 36.4 Å². The van der Waals surface area contributed by atoms with Crippen molar-refractivity contribution in [1.82, 2.24) is 0 Å². The van der Waals surface area contributed by atoms with Gasteiger partial charge in [-0.05, 0) is 24.6 Å². The molecular formula is C24H24O8. The average Bonchev–Trinajstić information content (AvgIpc) is 2.81. The van der Waals surface area contributed by atoms with Crippen LogP contribution in [0.25, 0.3) is 11.1 Å². The van der Waals surface area contributed by atoms with E-state index in [1.807, 2.05) is 30.3 Å². The second kappa shape index (κ2) is 10.5. The van der Waals surface area contributed by atoms with Gasteiger partial charge < -0.3 is 28.5 Å². The van der Waals surface area contributed by atoms with Gasteiger partial charge in [-0.15, -0.1) is 0 Å². The molecule has 3 aromatic rings. The first-order chi connectivity index (χ1) is 15.4. The highest BCUT2D eigenvalue weighted by atomic mass is 16.5. The molecule has 2 aromatic carbocycles. The minimum Gasteiger partial charge on any atom is -0.496 e. The van der Waals surface area contributed by atoms with E-state index in [9.17, 15) is 14.7 Å². The first kappa shape index (κ1) is 22.9. The first-order valence-corrected chi connectivity index (χ1v) is 9.85. The van der Waals surface area contributed by atoms with E-state index in [-0.39, 0.29) is 24.0 Å². The van der Waals surface area contributed by atoms with Crippen LogP contribution in [-0.4, -0.2) is 38.0 Å². The molecule has 0 aliphatic carbocycles. The number of aromatic carboxylic acids is 1. The lowest BCUT2D eigenvalue weighted by Crippen LogP contribution is -2.21. The van der Waals surface area contributed by atoms with Gasteiger partial charge in [0.05, 0.1) is 32.5 Å². The predicted octanol–water partition coefficient (Wildman–Crippen LogP) is 4.01. The van der Waals surface area contributed by atoms with Crippen LogP contribution in [0.2, 0.25) is 0 Å². The highest BCUT2D eigenvalue weighted by Crippen LogP contribution is 2.42. The molecule has 0 bridgehead atoms. The molecule has 0 saturated carbocycles. The molecule has 1 N–H and O–H groups in total. The van der Waals surface area contributed by atoms with Crippen molar-refractivity contribution < 1.29 is 33.3 Å². The molecule has 8 nitrogen and oxygen atoms in total. The monoisotopic (exact) mass is 440 g/mol. The lowest BCUT2D eigenvalue weighted by atomic mass is 10.0. The number of benzene rings is 2. The normalized spacial score (nSPS) is 11.6. The maximum absolute atomic E-state index is 12.7. The number of hydrogen-bond acceptors (Lipinski definition) is 7. The van der Waals surface area contributed by atoms with E-state index >= 15 is 0 Å². The maximum atomic E-state index is 12.7. The summed E-state index contributed by atoms with van der Waals surface area (Å²) in [5.74, 6) is -1.32. The third-order valence-corrected chi connectivity index (χ3v) is 4.66. The summed E-state index contributed by atoms with van der Waals surface area (Å²) >= 11 is 0. The SMILES string of the molecule is COc1cccc(OC)c1-c1cc(C(=O)O)oc(=O)c1OC[C@@H](C)OCc1ccccc1. The molecule has 8 heteroatoms. The van der Waals surface area contributed by atoms with Crippen LogP contribution >= 0.6 is 0 Å². The summed E-state index contributed by atoms with van der Waals surface area (Å²) in [5.41, 5.74) is 0.635. The van der Waals surface area contributed by atoms with E-state index in [4.69, 9.17) is 23.4 Å². The molecule has 0 radical (unpaired) electrons. The second-order valence-corrected chi connectivity index (χ2v) is 6.90. The van der Waals surface area contributed by atoms with Crippen LogP contribution in [0.1, 0.15) is 23.0 Å². The van der Waals surface area contributed by atoms with Gasteiger partial charge in [0.25, 0.3) is 0 Å². The number of carbonyl (C=O) groups is 1. The molecule has 0 unspecified atom stereocenters. The first-order valence-electron chi connectivity index (χ1n) is 9.85. The number of hydrogen-bond donors (Lipinski definition) is 1. The summed E-state index contributed by atoms with van der Waals surface area (Å²) in [6.07, 6.45) is -0.360. The van der Waals surface area contributed by atoms with Gasteiger partial charge in [-0.2, -0.15) is 0 Å². The van der Waals surface area contributed by atoms with Crippen LogP contribution in [0, 0.1) is 0 Å². The van der Waals surface area contributed by atoms with Crippen LogP contribution < -0.4 is 19.8 Å². The molecule has 1 aromatic heterocycles. The van der Waals surface area contributed by atoms with Crippen molar-refractivity contribution in [2.45, 2.75) is 19.6 Å². The van der Waals surface area contributed by atoms with Gasteiger partial charge in [-0.3, -0.25) is 0 Å². The quantitative estimate of drug-likeness (QED) is 0.504. The Hall–Kier alpha value is -3.78. The molecule has 0 amide bonds. The molecular weight excluding hydrogens is 416 g/mol. The molecule has 168 valence electrons. The summed E-state index contributed by atoms with van der Waals surface area (Å²) in [5, 5.41) is 9.36. The topological polar surface area (TPSA) is 104 Å². The Balaban J connectivity index is 1.93. The Morgan fingerprint density at radius 2 is 1.69 bits per heavy atom. The summed E-state index contributed by atoms with van der Waals surface area (Å²) in [6.45, 7) is 2.22. The zero-order chi connectivity index (χ0) is 23.1. The smallest absolute Gasteiger partial charge is 0.379 e. The third kappa shape index (κ3) is 5.28. The second-order valence-electron chi connectivity index (χ2n) is 6.90. The lowest BCUT2D eigenvalue weighted by Gasteiger charge is -2.18. The van der Waals surface area contributed by atoms with Crippen LogP contribution in [-0.2, 0) is 11.3 Å². The summed E-state index contributed by atoms with van der Waals surface area (Å²) < 4.78 is 27.3. The van der Waals surface area contributed by atoms with Gasteiger partial charge in [-0.25, -0.2) is 9.59 Å². The molecule has 0 fully saturated rings. The highest BCUT2D eigenvalue weighted by Gasteiger charge is 2.24. The fourth-order valence-electron chi connectivity index (χ4n) is 3.09. The van der Waals surface area contributed by atoms with Crippen molar-refractivity contribution in [1.29, 1.82) is 0 Å². The van der Waals surface area contributed by atoms with Crippen molar-refractivity contribution in [3.05, 3.63) is 76.3 Å². The van der Waals surface area contributed by atoms with Gasteiger partial charge in [0.15, 0.2) is 0 Å². The molecule has 1 heterocycles. The van der Waals surface area contributed by atoms with Crippen molar-refractivity contribution >= 4 is 5.97 Å². The van der Waals surface area contributed by atoms with Crippen molar-refractivity contribution in [3.63, 3.8) is 0 Å². The van der Waals surface area contributed by atoms with Crippen LogP contribution in [0.3, 0.4) is 0 Å². The molecule has 32 heavy (non-hydrogen) atoms. The molecule has 0 saturated heterocycles. The summed E-state index contributed by atoms with van der Waals surface area (Å²) in [6, 6.07) is 15.9. The van der Waals surface area contributed by atoms with Gasteiger partial charge in [0.2, 0.25) is 11.5 Å². The summed E-state index contributed by atoms with van der Waals surface area (Å²) in [4.78, 5) is 24.1. The molecule has 1 atom stereocenters. The minimum atomic E-state index is -1.39. The predicted molar refractivity (Wildman–Crippen MR) is 117 cm³/mol. The third-order valence-electron chi connectivity index (χ3n) is 4.66. The van der Waals surface area contributed by atoms with E-state index in [0.717, 1.165) is 5.56 Å². The Morgan fingerprint density at radius 3 is 2.28 bits per heavy atom. The number of ether oxygens (including phenoxy) is 4. The number of carboxylic acid groups (broad SMARTS) is 1. The Morgan fingerprint density at radius 1 is 1.03 bits per heavy atom. The largest absolute Gasteiger partial charge is 0.496 e. The highest BCUT2D eigenvalue weighted by molar-refractivity contribution is 5.89. The van der Waals surface area contributed by atoms with Crippen molar-refractivity contribution in [3.8, 4) is 28.4 Å². The maximum Gasteiger partial charge on any atom is 0.379 e. The molecule has 0 aliphatic rings. The number of carboxylic acids is 1. The number of methoxy groups -OCH3 is 2. The van der Waals surface area contributed by atoms with Gasteiger partial charge in [0.1, 0.15) is 18.1 Å². The van der Waals surface area contributed by atoms with E-state index in [2.05, 4.69) is 0 Å². The van der Waals surface area contributed by atoms with E-state index in [1.165, 1.54) is 20.3 Å². The Kier molecular flexibility index (Phi) is 7.51. The Labute approximate surface area is 184 Å². The fraction of sp³-hybridized carbons (Fsp3) is 0.250. The zero-order valence-electron chi connectivity index (χ0n) is 18.0. The van der Waals surface area contributed by atoms with Crippen LogP contribution in [0.5, 0.6) is 17.2 Å². The standard InChI is InChI=1S/C24H24O8/c1-15(30-14-16-8-5-4-6-9-16)13-31-22-17(12-20(23(25)26)32-24(22)27)21-18(28-2)10-7-11-19(21)29-3/h4-12,15H,13-14H2,1-3H3,(H,25,26)/t15-/m1/s1. The zero-order valence-corrected chi connectivity index (χ0v) is 18.0. The van der Waals surface area contributed by atoms with E-state index in [1.54, 1.807) is 25.1 Å². The Bertz CT molecular complexity index is 1100. The average molecular weight is 440 g/mol.